The minimum absolute atomic E-state index is 0.0857. The summed E-state index contributed by atoms with van der Waals surface area (Å²) in [5.74, 6) is 0.530. The average molecular weight is 179 g/mol. The van der Waals surface area contributed by atoms with E-state index in [1.54, 1.807) is 18.5 Å². The van der Waals surface area contributed by atoms with Gasteiger partial charge in [0.1, 0.15) is 0 Å². The molecule has 0 aromatic carbocycles. The molecule has 1 heterocycles. The van der Waals surface area contributed by atoms with Crippen molar-refractivity contribution in [2.45, 2.75) is 26.3 Å². The van der Waals surface area contributed by atoms with Gasteiger partial charge in [0.15, 0.2) is 5.82 Å². The number of hydrogen-bond donors (Lipinski definition) is 1. The zero-order chi connectivity index (χ0) is 9.90. The second kappa shape index (κ2) is 3.51. The quantitative estimate of drug-likeness (QED) is 0.732. The van der Waals surface area contributed by atoms with Crippen LogP contribution in [0.3, 0.4) is 0 Å². The van der Waals surface area contributed by atoms with Gasteiger partial charge in [-0.1, -0.05) is 0 Å². The molecule has 1 rings (SSSR count). The molecule has 4 nitrogen and oxygen atoms in total. The van der Waals surface area contributed by atoms with Crippen LogP contribution in [0.15, 0.2) is 18.5 Å². The molecule has 0 aliphatic rings. The first-order valence-corrected chi connectivity index (χ1v) is 4.08. The number of nitrogens with one attached hydrogen (secondary N) is 1. The zero-order valence-electron chi connectivity index (χ0n) is 8.03. The van der Waals surface area contributed by atoms with Crippen LogP contribution in [0.5, 0.6) is 0 Å². The first-order chi connectivity index (χ1) is 6.02. The number of rotatable bonds is 2. The van der Waals surface area contributed by atoms with Crippen molar-refractivity contribution >= 4 is 5.91 Å². The van der Waals surface area contributed by atoms with Crippen LogP contribution >= 0.6 is 0 Å². The van der Waals surface area contributed by atoms with E-state index >= 15 is 0 Å². The van der Waals surface area contributed by atoms with Crippen molar-refractivity contribution in [2.24, 2.45) is 0 Å². The maximum absolute atomic E-state index is 10.9. The number of carbonyl (C=O) groups is 1. The van der Waals surface area contributed by atoms with Gasteiger partial charge in [0.05, 0.1) is 5.54 Å². The SMILES string of the molecule is CC(=O)NC(C)(C)c1ncccn1. The number of amides is 1. The van der Waals surface area contributed by atoms with E-state index in [1.807, 2.05) is 13.8 Å². The standard InChI is InChI=1S/C9H13N3O/c1-7(13)12-9(2,3)8-10-5-4-6-11-8/h4-6H,1-3H3,(H,12,13). The van der Waals surface area contributed by atoms with Crippen LogP contribution in [0.2, 0.25) is 0 Å². The van der Waals surface area contributed by atoms with Gasteiger partial charge in [-0.15, -0.1) is 0 Å². The van der Waals surface area contributed by atoms with Crippen LogP contribution in [-0.4, -0.2) is 15.9 Å². The van der Waals surface area contributed by atoms with Crippen LogP contribution in [0, 0.1) is 0 Å². The van der Waals surface area contributed by atoms with Crippen LogP contribution < -0.4 is 5.32 Å². The molecule has 0 aliphatic carbocycles. The maximum Gasteiger partial charge on any atom is 0.217 e. The van der Waals surface area contributed by atoms with Crippen molar-refractivity contribution in [1.82, 2.24) is 15.3 Å². The first kappa shape index (κ1) is 9.64. The normalized spacial score (nSPS) is 11.0. The van der Waals surface area contributed by atoms with E-state index in [0.29, 0.717) is 5.82 Å². The van der Waals surface area contributed by atoms with Crippen molar-refractivity contribution in [2.75, 3.05) is 0 Å². The Morgan fingerprint density at radius 1 is 1.38 bits per heavy atom. The highest BCUT2D eigenvalue weighted by molar-refractivity contribution is 5.73. The van der Waals surface area contributed by atoms with Gasteiger partial charge in [-0.25, -0.2) is 9.97 Å². The molecule has 0 saturated heterocycles. The van der Waals surface area contributed by atoms with Crippen molar-refractivity contribution in [1.29, 1.82) is 0 Å². The molecule has 0 atom stereocenters. The van der Waals surface area contributed by atoms with Gasteiger partial charge < -0.3 is 5.32 Å². The summed E-state index contributed by atoms with van der Waals surface area (Å²) in [5.41, 5.74) is -0.507. The molecule has 0 spiro atoms. The lowest BCUT2D eigenvalue weighted by atomic mass is 10.0. The minimum atomic E-state index is -0.507. The smallest absolute Gasteiger partial charge is 0.217 e. The Morgan fingerprint density at radius 2 is 1.92 bits per heavy atom. The third-order valence-electron chi connectivity index (χ3n) is 1.61. The van der Waals surface area contributed by atoms with Gasteiger partial charge in [-0.3, -0.25) is 4.79 Å². The topological polar surface area (TPSA) is 54.9 Å². The summed E-state index contributed by atoms with van der Waals surface area (Å²) < 4.78 is 0. The highest BCUT2D eigenvalue weighted by Crippen LogP contribution is 2.13. The van der Waals surface area contributed by atoms with Crippen LogP contribution in [0.1, 0.15) is 26.6 Å². The predicted molar refractivity (Wildman–Crippen MR) is 48.9 cm³/mol. The lowest BCUT2D eigenvalue weighted by Crippen LogP contribution is -2.41. The Morgan fingerprint density at radius 3 is 2.38 bits per heavy atom. The second-order valence-electron chi connectivity index (χ2n) is 3.38. The maximum atomic E-state index is 10.9. The predicted octanol–water partition coefficient (Wildman–Crippen LogP) is 0.848. The third kappa shape index (κ3) is 2.50. The molecule has 0 saturated carbocycles. The van der Waals surface area contributed by atoms with Gasteiger partial charge in [0, 0.05) is 19.3 Å². The number of aromatic nitrogens is 2. The molecule has 0 aliphatic heterocycles. The van der Waals surface area contributed by atoms with Gasteiger partial charge >= 0.3 is 0 Å². The average Bonchev–Trinajstić information content (AvgIpc) is 2.04. The fourth-order valence-corrected chi connectivity index (χ4v) is 1.12. The number of carbonyl (C=O) groups excluding carboxylic acids is 1. The summed E-state index contributed by atoms with van der Waals surface area (Å²) in [6.45, 7) is 5.21. The Bertz CT molecular complexity index is 295. The molecule has 13 heavy (non-hydrogen) atoms. The van der Waals surface area contributed by atoms with Gasteiger partial charge in [0.25, 0.3) is 0 Å². The summed E-state index contributed by atoms with van der Waals surface area (Å²) in [6.07, 6.45) is 3.32. The van der Waals surface area contributed by atoms with Crippen molar-refractivity contribution in [3.8, 4) is 0 Å². The fourth-order valence-electron chi connectivity index (χ4n) is 1.12. The summed E-state index contributed by atoms with van der Waals surface area (Å²) in [7, 11) is 0. The fraction of sp³-hybridized carbons (Fsp3) is 0.444. The summed E-state index contributed by atoms with van der Waals surface area (Å²) in [4.78, 5) is 19.0. The Hall–Kier alpha value is -1.45. The summed E-state index contributed by atoms with van der Waals surface area (Å²) >= 11 is 0. The van der Waals surface area contributed by atoms with E-state index in [0.717, 1.165) is 0 Å². The van der Waals surface area contributed by atoms with E-state index in [4.69, 9.17) is 0 Å². The van der Waals surface area contributed by atoms with E-state index < -0.39 is 5.54 Å². The molecule has 0 bridgehead atoms. The second-order valence-corrected chi connectivity index (χ2v) is 3.38. The monoisotopic (exact) mass is 179 g/mol. The summed E-state index contributed by atoms with van der Waals surface area (Å²) in [5, 5.41) is 2.77. The van der Waals surface area contributed by atoms with E-state index in [1.165, 1.54) is 6.92 Å². The van der Waals surface area contributed by atoms with Gasteiger partial charge in [0.2, 0.25) is 5.91 Å². The number of nitrogens with zero attached hydrogens (tertiary/aromatic N) is 2. The van der Waals surface area contributed by atoms with E-state index in [2.05, 4.69) is 15.3 Å². The highest BCUT2D eigenvalue weighted by Gasteiger charge is 2.23. The lowest BCUT2D eigenvalue weighted by Gasteiger charge is -2.23. The molecule has 70 valence electrons. The molecule has 1 aromatic heterocycles. The van der Waals surface area contributed by atoms with E-state index in [9.17, 15) is 4.79 Å². The summed E-state index contributed by atoms with van der Waals surface area (Å²) in [6, 6.07) is 1.74. The molecule has 0 fully saturated rings. The van der Waals surface area contributed by atoms with Crippen LogP contribution in [0.25, 0.3) is 0 Å². The molecule has 0 unspecified atom stereocenters. The van der Waals surface area contributed by atoms with Gasteiger partial charge in [-0.2, -0.15) is 0 Å². The zero-order valence-corrected chi connectivity index (χ0v) is 8.03. The Kier molecular flexibility index (Phi) is 2.60. The molecule has 1 aromatic rings. The van der Waals surface area contributed by atoms with Crippen molar-refractivity contribution in [3.05, 3.63) is 24.3 Å². The largest absolute Gasteiger partial charge is 0.344 e. The number of hydrogen-bond acceptors (Lipinski definition) is 3. The van der Waals surface area contributed by atoms with Crippen molar-refractivity contribution in [3.63, 3.8) is 0 Å². The molecule has 0 radical (unpaired) electrons. The molecule has 4 heteroatoms. The molecule has 1 N–H and O–H groups in total. The molecule has 1 amide bonds. The highest BCUT2D eigenvalue weighted by atomic mass is 16.1. The van der Waals surface area contributed by atoms with Crippen LogP contribution in [-0.2, 0) is 10.3 Å². The molecular weight excluding hydrogens is 166 g/mol. The minimum Gasteiger partial charge on any atom is -0.344 e. The lowest BCUT2D eigenvalue weighted by molar-refractivity contribution is -0.120. The third-order valence-corrected chi connectivity index (χ3v) is 1.61. The Balaban J connectivity index is 2.87. The van der Waals surface area contributed by atoms with Crippen molar-refractivity contribution < 1.29 is 4.79 Å². The van der Waals surface area contributed by atoms with E-state index in [-0.39, 0.29) is 5.91 Å². The van der Waals surface area contributed by atoms with Crippen LogP contribution in [0.4, 0.5) is 0 Å². The Labute approximate surface area is 77.4 Å². The molecular formula is C9H13N3O. The van der Waals surface area contributed by atoms with Gasteiger partial charge in [-0.05, 0) is 19.9 Å². The first-order valence-electron chi connectivity index (χ1n) is 4.08.